The molecule has 1 fully saturated rings. The topological polar surface area (TPSA) is 26.3 Å². The van der Waals surface area contributed by atoms with Crippen LogP contribution in [0, 0.1) is 11.8 Å². The van der Waals surface area contributed by atoms with Gasteiger partial charge in [-0.2, -0.15) is 0 Å². The second kappa shape index (κ2) is 5.98. The first kappa shape index (κ1) is 15.6. The van der Waals surface area contributed by atoms with Gasteiger partial charge in [-0.05, 0) is 58.8 Å². The molecule has 1 saturated carbocycles. The van der Waals surface area contributed by atoms with Crippen molar-refractivity contribution in [1.82, 2.24) is 0 Å². The van der Waals surface area contributed by atoms with E-state index in [2.05, 4.69) is 60.7 Å². The van der Waals surface area contributed by atoms with Crippen LogP contribution in [0.5, 0.6) is 0 Å². The largest absolute Gasteiger partial charge is 0.465 e. The standard InChI is InChI=1S/C24H22O2/c1-26-24(25)23-18-13-12-17-20(23)14-19-16(21(18)22(17)19)11-7-3-6-10-15-8-4-2-5-9-15/h2-10,12-13,16,19,21-22H,11,14H2,1H3/b7-3+,10-6+/t16-,19-,21-,22-/m0/s1. The zero-order valence-electron chi connectivity index (χ0n) is 14.9. The second-order valence-corrected chi connectivity index (χ2v) is 7.61. The molecule has 0 saturated heterocycles. The number of esters is 1. The van der Waals surface area contributed by atoms with Crippen LogP contribution in [0.15, 0.2) is 60.7 Å². The molecule has 0 aromatic heterocycles. The molecule has 4 bridgehead atoms. The number of benzene rings is 2. The van der Waals surface area contributed by atoms with Crippen LogP contribution in [0.1, 0.15) is 50.9 Å². The zero-order valence-corrected chi connectivity index (χ0v) is 14.9. The molecular weight excluding hydrogens is 320 g/mol. The molecule has 0 spiro atoms. The van der Waals surface area contributed by atoms with Gasteiger partial charge in [0.2, 0.25) is 0 Å². The molecular formula is C24H22O2. The van der Waals surface area contributed by atoms with Crippen molar-refractivity contribution in [2.75, 3.05) is 7.11 Å². The molecule has 26 heavy (non-hydrogen) atoms. The maximum atomic E-state index is 12.3. The Kier molecular flexibility index (Phi) is 3.59. The number of methoxy groups -OCH3 is 1. The van der Waals surface area contributed by atoms with Crippen molar-refractivity contribution in [3.8, 4) is 0 Å². The molecule has 2 heteroatoms. The highest BCUT2D eigenvalue weighted by Crippen LogP contribution is 2.68. The van der Waals surface area contributed by atoms with Crippen molar-refractivity contribution in [2.45, 2.75) is 24.7 Å². The third-order valence-electron chi connectivity index (χ3n) is 6.53. The Balaban J connectivity index is 1.32. The minimum absolute atomic E-state index is 0.150. The quantitative estimate of drug-likeness (QED) is 0.557. The summed E-state index contributed by atoms with van der Waals surface area (Å²) in [5, 5.41) is 0. The summed E-state index contributed by atoms with van der Waals surface area (Å²) in [7, 11) is 1.49. The predicted molar refractivity (Wildman–Crippen MR) is 103 cm³/mol. The summed E-state index contributed by atoms with van der Waals surface area (Å²) in [4.78, 5) is 12.3. The van der Waals surface area contributed by atoms with E-state index in [-0.39, 0.29) is 5.97 Å². The van der Waals surface area contributed by atoms with Crippen molar-refractivity contribution in [1.29, 1.82) is 0 Å². The molecule has 2 aromatic rings. The molecule has 0 aliphatic heterocycles. The van der Waals surface area contributed by atoms with Crippen molar-refractivity contribution in [3.63, 3.8) is 0 Å². The van der Waals surface area contributed by atoms with Crippen LogP contribution in [-0.4, -0.2) is 13.1 Å². The van der Waals surface area contributed by atoms with Crippen LogP contribution < -0.4 is 0 Å². The summed E-state index contributed by atoms with van der Waals surface area (Å²) >= 11 is 0. The van der Waals surface area contributed by atoms with E-state index >= 15 is 0 Å². The van der Waals surface area contributed by atoms with Gasteiger partial charge in [-0.1, -0.05) is 66.8 Å². The molecule has 4 aliphatic carbocycles. The molecule has 0 N–H and O–H groups in total. The van der Waals surface area contributed by atoms with Crippen LogP contribution in [0.25, 0.3) is 6.08 Å². The fourth-order valence-electron chi connectivity index (χ4n) is 5.48. The Morgan fingerprint density at radius 3 is 2.69 bits per heavy atom. The van der Waals surface area contributed by atoms with Gasteiger partial charge in [0.25, 0.3) is 0 Å². The zero-order chi connectivity index (χ0) is 17.7. The SMILES string of the molecule is COC(=O)c1c2ccc3c1C[C@H]1[C@H](C/C=C/C=C/c4ccccc4)[C@@H]2[C@@H]31. The van der Waals surface area contributed by atoms with Crippen LogP contribution in [-0.2, 0) is 11.2 Å². The van der Waals surface area contributed by atoms with Crippen molar-refractivity contribution < 1.29 is 9.53 Å². The van der Waals surface area contributed by atoms with E-state index < -0.39 is 0 Å². The monoisotopic (exact) mass is 342 g/mol. The first-order valence-corrected chi connectivity index (χ1v) is 9.42. The van der Waals surface area contributed by atoms with Crippen LogP contribution in [0.3, 0.4) is 0 Å². The predicted octanol–water partition coefficient (Wildman–Crippen LogP) is 5.12. The highest BCUT2D eigenvalue weighted by Gasteiger charge is 2.59. The number of allylic oxidation sites excluding steroid dienone is 3. The van der Waals surface area contributed by atoms with Crippen LogP contribution >= 0.6 is 0 Å². The highest BCUT2D eigenvalue weighted by molar-refractivity contribution is 5.95. The van der Waals surface area contributed by atoms with Crippen molar-refractivity contribution >= 4 is 12.0 Å². The number of carbonyl (C=O) groups is 1. The van der Waals surface area contributed by atoms with Gasteiger partial charge in [-0.25, -0.2) is 4.79 Å². The Labute approximate surface area is 154 Å². The van der Waals surface area contributed by atoms with Gasteiger partial charge in [0, 0.05) is 0 Å². The van der Waals surface area contributed by atoms with E-state index in [0.717, 1.165) is 18.4 Å². The molecule has 2 nitrogen and oxygen atoms in total. The van der Waals surface area contributed by atoms with Gasteiger partial charge in [0.05, 0.1) is 12.7 Å². The summed E-state index contributed by atoms with van der Waals surface area (Å²) in [5.74, 6) is 2.38. The van der Waals surface area contributed by atoms with E-state index in [1.165, 1.54) is 29.4 Å². The summed E-state index contributed by atoms with van der Waals surface area (Å²) in [6.45, 7) is 0. The minimum atomic E-state index is -0.150. The van der Waals surface area contributed by atoms with Crippen molar-refractivity contribution in [2.24, 2.45) is 11.8 Å². The molecule has 130 valence electrons. The molecule has 0 amide bonds. The van der Waals surface area contributed by atoms with E-state index in [1.807, 2.05) is 6.07 Å². The van der Waals surface area contributed by atoms with Gasteiger partial charge in [-0.3, -0.25) is 0 Å². The average molecular weight is 342 g/mol. The smallest absolute Gasteiger partial charge is 0.338 e. The Morgan fingerprint density at radius 1 is 1.08 bits per heavy atom. The number of carbonyl (C=O) groups excluding carboxylic acids is 1. The molecule has 6 rings (SSSR count). The first-order valence-electron chi connectivity index (χ1n) is 9.42. The second-order valence-electron chi connectivity index (χ2n) is 7.61. The molecule has 4 aliphatic rings. The summed E-state index contributed by atoms with van der Waals surface area (Å²) in [5.41, 5.74) is 6.03. The first-order chi connectivity index (χ1) is 12.8. The lowest BCUT2D eigenvalue weighted by Crippen LogP contribution is -2.42. The fraction of sp³-hybridized carbons (Fsp3) is 0.292. The number of ether oxygens (including phenoxy) is 1. The third-order valence-corrected chi connectivity index (χ3v) is 6.53. The number of rotatable bonds is 5. The van der Waals surface area contributed by atoms with Crippen LogP contribution in [0.4, 0.5) is 0 Å². The Bertz CT molecular complexity index is 923. The number of fused-ring (bicyclic) bond motifs is 1. The maximum absolute atomic E-state index is 12.3. The third kappa shape index (κ3) is 2.14. The van der Waals surface area contributed by atoms with E-state index in [1.54, 1.807) is 0 Å². The lowest BCUT2D eigenvalue weighted by atomic mass is 9.52. The number of hydrogen-bond donors (Lipinski definition) is 0. The van der Waals surface area contributed by atoms with Gasteiger partial charge in [0.15, 0.2) is 0 Å². The summed E-state index contributed by atoms with van der Waals surface area (Å²) in [6, 6.07) is 14.8. The molecule has 0 heterocycles. The van der Waals surface area contributed by atoms with E-state index in [4.69, 9.17) is 4.74 Å². The molecule has 0 radical (unpaired) electrons. The summed E-state index contributed by atoms with van der Waals surface area (Å²) < 4.78 is 5.06. The van der Waals surface area contributed by atoms with Gasteiger partial charge < -0.3 is 4.74 Å². The normalized spacial score (nSPS) is 27.3. The Hall–Kier alpha value is -2.61. The van der Waals surface area contributed by atoms with Gasteiger partial charge >= 0.3 is 5.97 Å². The lowest BCUT2D eigenvalue weighted by molar-refractivity contribution is 0.0592. The Morgan fingerprint density at radius 2 is 1.88 bits per heavy atom. The van der Waals surface area contributed by atoms with E-state index in [9.17, 15) is 4.79 Å². The van der Waals surface area contributed by atoms with Gasteiger partial charge in [0.1, 0.15) is 0 Å². The maximum Gasteiger partial charge on any atom is 0.338 e. The van der Waals surface area contributed by atoms with E-state index in [0.29, 0.717) is 23.7 Å². The fourth-order valence-corrected chi connectivity index (χ4v) is 5.48. The minimum Gasteiger partial charge on any atom is -0.465 e. The van der Waals surface area contributed by atoms with Crippen LogP contribution in [0.2, 0.25) is 0 Å². The molecule has 0 unspecified atom stereocenters. The molecule has 2 aromatic carbocycles. The lowest BCUT2D eigenvalue weighted by Gasteiger charge is -2.51. The van der Waals surface area contributed by atoms with Crippen molar-refractivity contribution in [3.05, 3.63) is 88.5 Å². The summed E-state index contributed by atoms with van der Waals surface area (Å²) in [6.07, 6.45) is 10.8. The molecule has 4 atom stereocenters. The van der Waals surface area contributed by atoms with Gasteiger partial charge in [-0.15, -0.1) is 0 Å². The number of hydrogen-bond acceptors (Lipinski definition) is 2. The average Bonchev–Trinajstić information content (AvgIpc) is 2.89. The highest BCUT2D eigenvalue weighted by atomic mass is 16.5.